The first-order valence-corrected chi connectivity index (χ1v) is 9.97. The molecule has 5 fully saturated rings. The van der Waals surface area contributed by atoms with Gasteiger partial charge in [0.15, 0.2) is 0 Å². The van der Waals surface area contributed by atoms with E-state index in [9.17, 15) is 9.59 Å². The van der Waals surface area contributed by atoms with Crippen LogP contribution in [0.5, 0.6) is 0 Å². The van der Waals surface area contributed by atoms with Gasteiger partial charge in [0.1, 0.15) is 5.54 Å². The van der Waals surface area contributed by atoms with Crippen molar-refractivity contribution in [2.75, 3.05) is 0 Å². The molecule has 5 nitrogen and oxygen atoms in total. The molecule has 0 aromatic carbocycles. The van der Waals surface area contributed by atoms with Crippen molar-refractivity contribution < 1.29 is 9.59 Å². The maximum Gasteiger partial charge on any atom is 0.275 e. The van der Waals surface area contributed by atoms with E-state index >= 15 is 0 Å². The maximum absolute atomic E-state index is 13.3. The number of aromatic nitrogens is 1. The molecular formula is C21H27N3O2. The van der Waals surface area contributed by atoms with Gasteiger partial charge in [0.05, 0.1) is 17.3 Å². The first kappa shape index (κ1) is 16.3. The molecule has 1 saturated heterocycles. The number of hydrazine groups is 1. The highest BCUT2D eigenvalue weighted by Crippen LogP contribution is 2.57. The van der Waals surface area contributed by atoms with Crippen molar-refractivity contribution in [3.8, 4) is 0 Å². The van der Waals surface area contributed by atoms with Crippen LogP contribution in [0.4, 0.5) is 0 Å². The molecule has 4 aliphatic carbocycles. The van der Waals surface area contributed by atoms with Crippen molar-refractivity contribution in [1.82, 2.24) is 15.0 Å². The van der Waals surface area contributed by atoms with Gasteiger partial charge in [-0.3, -0.25) is 14.6 Å². The summed E-state index contributed by atoms with van der Waals surface area (Å²) in [5, 5.41) is 3.59. The molecule has 1 aromatic heterocycles. The summed E-state index contributed by atoms with van der Waals surface area (Å²) in [6.45, 7) is 5.59. The van der Waals surface area contributed by atoms with Crippen LogP contribution in [-0.4, -0.2) is 38.4 Å². The van der Waals surface area contributed by atoms with E-state index in [4.69, 9.17) is 0 Å². The number of nitrogens with zero attached hydrogens (tertiary/aromatic N) is 3. The summed E-state index contributed by atoms with van der Waals surface area (Å²) >= 11 is 0. The van der Waals surface area contributed by atoms with Crippen molar-refractivity contribution in [2.24, 2.45) is 23.7 Å². The van der Waals surface area contributed by atoms with Crippen LogP contribution in [0.2, 0.25) is 0 Å². The lowest BCUT2D eigenvalue weighted by molar-refractivity contribution is -0.230. The molecule has 0 radical (unpaired) electrons. The number of rotatable bonds is 2. The summed E-state index contributed by atoms with van der Waals surface area (Å²) in [4.78, 5) is 30.7. The molecule has 2 heterocycles. The minimum absolute atomic E-state index is 0.0889. The zero-order valence-corrected chi connectivity index (χ0v) is 15.8. The lowest BCUT2D eigenvalue weighted by Gasteiger charge is -2.65. The second kappa shape index (κ2) is 5.30. The second-order valence-corrected chi connectivity index (χ2v) is 9.38. The van der Waals surface area contributed by atoms with Crippen LogP contribution < -0.4 is 0 Å². The van der Waals surface area contributed by atoms with Crippen LogP contribution in [0, 0.1) is 30.6 Å². The lowest BCUT2D eigenvalue weighted by Crippen LogP contribution is -2.80. The number of pyridine rings is 1. The number of amides is 2. The number of hydrogen-bond donors (Lipinski definition) is 0. The van der Waals surface area contributed by atoms with E-state index in [1.54, 1.807) is 17.3 Å². The quantitative estimate of drug-likeness (QED) is 0.820. The summed E-state index contributed by atoms with van der Waals surface area (Å²) in [5.74, 6) is 2.85. The average Bonchev–Trinajstić information content (AvgIpc) is 2.59. The van der Waals surface area contributed by atoms with Gasteiger partial charge in [-0.1, -0.05) is 0 Å². The predicted octanol–water partition coefficient (Wildman–Crippen LogP) is 3.19. The van der Waals surface area contributed by atoms with E-state index in [0.717, 1.165) is 17.5 Å². The maximum atomic E-state index is 13.3. The Morgan fingerprint density at radius 2 is 1.73 bits per heavy atom. The van der Waals surface area contributed by atoms with Gasteiger partial charge in [-0.05, 0) is 88.7 Å². The molecule has 0 spiro atoms. The fraction of sp³-hybridized carbons (Fsp3) is 0.667. The van der Waals surface area contributed by atoms with Crippen molar-refractivity contribution in [2.45, 2.75) is 64.5 Å². The van der Waals surface area contributed by atoms with Gasteiger partial charge in [-0.15, -0.1) is 0 Å². The van der Waals surface area contributed by atoms with Gasteiger partial charge < -0.3 is 0 Å². The van der Waals surface area contributed by atoms with Gasteiger partial charge in [0, 0.05) is 6.20 Å². The lowest BCUT2D eigenvalue weighted by atomic mass is 9.53. The number of aryl methyl sites for hydroxylation is 1. The van der Waals surface area contributed by atoms with Crippen LogP contribution in [0.15, 0.2) is 18.3 Å². The number of hydrogen-bond acceptors (Lipinski definition) is 3. The Kier molecular flexibility index (Phi) is 3.32. The molecule has 0 atom stereocenters. The van der Waals surface area contributed by atoms with Crippen molar-refractivity contribution in [1.29, 1.82) is 0 Å². The monoisotopic (exact) mass is 353 g/mol. The highest BCUT2D eigenvalue weighted by atomic mass is 16.2. The van der Waals surface area contributed by atoms with E-state index in [1.165, 1.54) is 32.1 Å². The normalized spacial score (nSPS) is 37.0. The second-order valence-electron chi connectivity index (χ2n) is 9.38. The highest BCUT2D eigenvalue weighted by molar-refractivity contribution is 6.04. The Hall–Kier alpha value is -1.91. The summed E-state index contributed by atoms with van der Waals surface area (Å²) in [6, 6.07) is 3.82. The van der Waals surface area contributed by atoms with Crippen LogP contribution >= 0.6 is 0 Å². The van der Waals surface area contributed by atoms with Crippen LogP contribution in [0.25, 0.3) is 0 Å². The molecule has 5 aliphatic rings. The standard InChI is InChI=1S/C21H27N3O2/c1-12-17(5-4-6-22-12)19(25)24-21(2,3)20(26)23(24)18-15-8-13-7-14(10-15)11-16(18)9-13/h4-6,13-16,18H,7-11H2,1-3H3. The van der Waals surface area contributed by atoms with Gasteiger partial charge in [-0.25, -0.2) is 10.0 Å². The zero-order chi connectivity index (χ0) is 18.2. The molecule has 6 rings (SSSR count). The minimum Gasteiger partial charge on any atom is -0.270 e. The van der Waals surface area contributed by atoms with E-state index in [-0.39, 0.29) is 17.9 Å². The van der Waals surface area contributed by atoms with Gasteiger partial charge in [0.25, 0.3) is 11.8 Å². The molecule has 0 unspecified atom stereocenters. The molecule has 4 saturated carbocycles. The molecule has 2 amide bonds. The first-order valence-electron chi connectivity index (χ1n) is 9.97. The third-order valence-electron chi connectivity index (χ3n) is 7.37. The summed E-state index contributed by atoms with van der Waals surface area (Å²) < 4.78 is 0. The van der Waals surface area contributed by atoms with Crippen LogP contribution in [-0.2, 0) is 4.79 Å². The van der Waals surface area contributed by atoms with Crippen molar-refractivity contribution in [3.63, 3.8) is 0 Å². The fourth-order valence-electron chi connectivity index (χ4n) is 6.43. The molecule has 4 bridgehead atoms. The van der Waals surface area contributed by atoms with E-state index in [0.29, 0.717) is 17.4 Å². The van der Waals surface area contributed by atoms with E-state index in [1.807, 2.05) is 31.8 Å². The minimum atomic E-state index is -0.770. The Morgan fingerprint density at radius 1 is 1.12 bits per heavy atom. The van der Waals surface area contributed by atoms with Gasteiger partial charge in [0.2, 0.25) is 0 Å². The zero-order valence-electron chi connectivity index (χ0n) is 15.8. The summed E-state index contributed by atoms with van der Waals surface area (Å²) in [5.41, 5.74) is 0.549. The third kappa shape index (κ3) is 2.06. The summed E-state index contributed by atoms with van der Waals surface area (Å²) in [6.07, 6.45) is 8.02. The molecule has 1 aromatic rings. The SMILES string of the molecule is Cc1ncccc1C(=O)N1N(C2C3CC4CC(C3)CC2C4)C(=O)C1(C)C. The van der Waals surface area contributed by atoms with Gasteiger partial charge in [-0.2, -0.15) is 0 Å². The molecule has 26 heavy (non-hydrogen) atoms. The fourth-order valence-corrected chi connectivity index (χ4v) is 6.43. The Bertz CT molecular complexity index is 759. The Morgan fingerprint density at radius 3 is 2.31 bits per heavy atom. The number of carbonyl (C=O) groups excluding carboxylic acids is 2. The van der Waals surface area contributed by atoms with Crippen molar-refractivity contribution >= 4 is 11.8 Å². The van der Waals surface area contributed by atoms with Crippen LogP contribution in [0.3, 0.4) is 0 Å². The Labute approximate surface area is 154 Å². The highest BCUT2D eigenvalue weighted by Gasteiger charge is 2.62. The average molecular weight is 353 g/mol. The molecular weight excluding hydrogens is 326 g/mol. The van der Waals surface area contributed by atoms with Crippen LogP contribution in [0.1, 0.15) is 62.0 Å². The summed E-state index contributed by atoms with van der Waals surface area (Å²) in [7, 11) is 0. The molecule has 1 aliphatic heterocycles. The predicted molar refractivity (Wildman–Crippen MR) is 96.9 cm³/mol. The van der Waals surface area contributed by atoms with E-state index in [2.05, 4.69) is 4.98 Å². The smallest absolute Gasteiger partial charge is 0.270 e. The Balaban J connectivity index is 1.49. The topological polar surface area (TPSA) is 53.5 Å². The third-order valence-corrected chi connectivity index (χ3v) is 7.37. The molecule has 0 N–H and O–H groups in total. The van der Waals surface area contributed by atoms with E-state index < -0.39 is 5.54 Å². The first-order chi connectivity index (χ1) is 12.4. The number of carbonyl (C=O) groups is 2. The largest absolute Gasteiger partial charge is 0.275 e. The van der Waals surface area contributed by atoms with Gasteiger partial charge >= 0.3 is 0 Å². The molecule has 138 valence electrons. The van der Waals surface area contributed by atoms with Crippen molar-refractivity contribution in [3.05, 3.63) is 29.6 Å². The molecule has 5 heteroatoms.